The molecule has 1 aliphatic rings. The molecule has 1 heterocycles. The van der Waals surface area contributed by atoms with Gasteiger partial charge in [-0.3, -0.25) is 5.01 Å². The fraction of sp³-hybridized carbons (Fsp3) is 0.278. The highest BCUT2D eigenvalue weighted by Crippen LogP contribution is 2.20. The number of rotatable bonds is 4. The Balaban J connectivity index is 1.52. The van der Waals surface area contributed by atoms with Gasteiger partial charge in [0, 0.05) is 20.6 Å². The van der Waals surface area contributed by atoms with Gasteiger partial charge in [-0.05, 0) is 30.3 Å². The molecule has 0 saturated carbocycles. The maximum Gasteiger partial charge on any atom is 0.124 e. The van der Waals surface area contributed by atoms with Crippen LogP contribution in [0.3, 0.4) is 0 Å². The van der Waals surface area contributed by atoms with Crippen LogP contribution in [0.5, 0.6) is 5.75 Å². The van der Waals surface area contributed by atoms with Gasteiger partial charge >= 0.3 is 0 Å². The molecule has 0 bridgehead atoms. The van der Waals surface area contributed by atoms with E-state index in [1.807, 2.05) is 24.3 Å². The summed E-state index contributed by atoms with van der Waals surface area (Å²) in [7, 11) is 0. The van der Waals surface area contributed by atoms with E-state index in [2.05, 4.69) is 38.2 Å². The number of halogens is 2. The van der Waals surface area contributed by atoms with Gasteiger partial charge in [-0.15, -0.1) is 0 Å². The number of nitrogens with zero attached hydrogens (tertiary/aromatic N) is 2. The van der Waals surface area contributed by atoms with Crippen LogP contribution in [-0.4, -0.2) is 42.5 Å². The molecule has 0 amide bonds. The summed E-state index contributed by atoms with van der Waals surface area (Å²) in [6, 6.07) is 13.4. The van der Waals surface area contributed by atoms with Gasteiger partial charge in [0.2, 0.25) is 0 Å². The normalized spacial score (nSPS) is 16.0. The topological polar surface area (TPSA) is 40.3 Å². The van der Waals surface area contributed by atoms with Crippen LogP contribution >= 0.6 is 27.5 Å². The zero-order valence-electron chi connectivity index (χ0n) is 13.3. The summed E-state index contributed by atoms with van der Waals surface area (Å²) in [5.41, 5.74) is 2.03. The molecule has 24 heavy (non-hydrogen) atoms. The lowest BCUT2D eigenvalue weighted by Gasteiger charge is -2.30. The van der Waals surface area contributed by atoms with Crippen molar-refractivity contribution in [1.29, 1.82) is 0 Å². The molecular formula is C18H20BrClN3O+. The molecule has 1 saturated heterocycles. The van der Waals surface area contributed by atoms with Crippen molar-refractivity contribution in [3.63, 3.8) is 0 Å². The maximum absolute atomic E-state index is 9.85. The van der Waals surface area contributed by atoms with E-state index in [-0.39, 0.29) is 5.75 Å². The van der Waals surface area contributed by atoms with E-state index in [1.54, 1.807) is 17.2 Å². The Morgan fingerprint density at radius 2 is 1.88 bits per heavy atom. The lowest BCUT2D eigenvalue weighted by molar-refractivity contribution is -0.918. The smallest absolute Gasteiger partial charge is 0.124 e. The summed E-state index contributed by atoms with van der Waals surface area (Å²) in [5, 5.41) is 17.2. The van der Waals surface area contributed by atoms with Crippen molar-refractivity contribution in [1.82, 2.24) is 5.01 Å². The van der Waals surface area contributed by atoms with Crippen LogP contribution in [0, 0.1) is 0 Å². The molecule has 0 aliphatic carbocycles. The number of phenolic OH excluding ortho intramolecular Hbond substituents is 1. The summed E-state index contributed by atoms with van der Waals surface area (Å²) in [6.45, 7) is 4.93. The number of hydrogen-bond acceptors (Lipinski definition) is 3. The highest BCUT2D eigenvalue weighted by atomic mass is 79.9. The average Bonchev–Trinajstić information content (AvgIpc) is 2.59. The Bertz CT molecular complexity index is 713. The molecular weight excluding hydrogens is 390 g/mol. The fourth-order valence-electron chi connectivity index (χ4n) is 2.77. The molecule has 2 aromatic carbocycles. The minimum Gasteiger partial charge on any atom is -0.507 e. The number of hydrogen-bond donors (Lipinski definition) is 2. The third kappa shape index (κ3) is 4.72. The Morgan fingerprint density at radius 1 is 1.17 bits per heavy atom. The highest BCUT2D eigenvalue weighted by molar-refractivity contribution is 9.10. The van der Waals surface area contributed by atoms with E-state index in [4.69, 9.17) is 11.6 Å². The molecule has 0 unspecified atom stereocenters. The van der Waals surface area contributed by atoms with Crippen LogP contribution in [0.25, 0.3) is 0 Å². The largest absolute Gasteiger partial charge is 0.507 e. The van der Waals surface area contributed by atoms with Gasteiger partial charge < -0.3 is 10.0 Å². The van der Waals surface area contributed by atoms with E-state index in [0.717, 1.165) is 47.8 Å². The van der Waals surface area contributed by atoms with Crippen molar-refractivity contribution in [3.05, 3.63) is 63.1 Å². The lowest BCUT2D eigenvalue weighted by atomic mass is 10.2. The first-order valence-electron chi connectivity index (χ1n) is 7.95. The summed E-state index contributed by atoms with van der Waals surface area (Å²) in [5.74, 6) is 0.244. The average molecular weight is 410 g/mol. The first kappa shape index (κ1) is 17.3. The van der Waals surface area contributed by atoms with E-state index in [9.17, 15) is 5.11 Å². The van der Waals surface area contributed by atoms with Gasteiger partial charge in [-0.2, -0.15) is 5.10 Å². The van der Waals surface area contributed by atoms with Gasteiger partial charge in [0.1, 0.15) is 12.3 Å². The number of quaternary nitrogens is 1. The van der Waals surface area contributed by atoms with Gasteiger partial charge in [0.15, 0.2) is 0 Å². The minimum atomic E-state index is 0.244. The van der Waals surface area contributed by atoms with Crippen LogP contribution in [0.4, 0.5) is 0 Å². The maximum atomic E-state index is 9.85. The number of piperazine rings is 1. The number of phenols is 1. The number of benzene rings is 2. The van der Waals surface area contributed by atoms with Gasteiger partial charge in [0.25, 0.3) is 0 Å². The molecule has 0 spiro atoms. The standard InChI is InChI=1S/C18H19BrClN3O/c19-16-3-6-18(24)15(11-16)12-21-23-9-7-22(8-10-23)13-14-1-4-17(20)5-2-14/h1-6,11-12,24H,7-10,13H2/p+1/b21-12+. The van der Waals surface area contributed by atoms with Gasteiger partial charge in [-0.25, -0.2) is 0 Å². The van der Waals surface area contributed by atoms with Crippen molar-refractivity contribution in [2.75, 3.05) is 26.2 Å². The van der Waals surface area contributed by atoms with Gasteiger partial charge in [0.05, 0.1) is 32.4 Å². The van der Waals surface area contributed by atoms with Crippen LogP contribution in [0.1, 0.15) is 11.1 Å². The predicted octanol–water partition coefficient (Wildman–Crippen LogP) is 2.54. The monoisotopic (exact) mass is 408 g/mol. The quantitative estimate of drug-likeness (QED) is 0.762. The summed E-state index contributed by atoms with van der Waals surface area (Å²) < 4.78 is 0.930. The minimum absolute atomic E-state index is 0.244. The molecule has 1 fully saturated rings. The third-order valence-electron chi connectivity index (χ3n) is 4.16. The Hall–Kier alpha value is -1.56. The fourth-order valence-corrected chi connectivity index (χ4v) is 3.27. The first-order chi connectivity index (χ1) is 11.6. The molecule has 2 aromatic rings. The molecule has 0 radical (unpaired) electrons. The second-order valence-corrected chi connectivity index (χ2v) is 7.31. The number of hydrazone groups is 1. The highest BCUT2D eigenvalue weighted by Gasteiger charge is 2.18. The summed E-state index contributed by atoms with van der Waals surface area (Å²) in [4.78, 5) is 1.55. The SMILES string of the molecule is Oc1ccc(Br)cc1/C=N/N1CC[NH+](Cc2ccc(Cl)cc2)CC1. The third-order valence-corrected chi connectivity index (χ3v) is 4.91. The molecule has 4 nitrogen and oxygen atoms in total. The van der Waals surface area contributed by atoms with Crippen molar-refractivity contribution in [2.24, 2.45) is 5.10 Å². The van der Waals surface area contributed by atoms with E-state index >= 15 is 0 Å². The molecule has 3 rings (SSSR count). The number of nitrogens with one attached hydrogen (secondary N) is 1. The van der Waals surface area contributed by atoms with Gasteiger partial charge in [-0.1, -0.05) is 39.7 Å². The number of aromatic hydroxyl groups is 1. The van der Waals surface area contributed by atoms with Crippen molar-refractivity contribution in [2.45, 2.75) is 6.54 Å². The van der Waals surface area contributed by atoms with Crippen LogP contribution in [0.2, 0.25) is 5.02 Å². The van der Waals surface area contributed by atoms with Crippen LogP contribution < -0.4 is 4.90 Å². The van der Waals surface area contributed by atoms with E-state index < -0.39 is 0 Å². The molecule has 0 aromatic heterocycles. The second-order valence-electron chi connectivity index (χ2n) is 5.95. The van der Waals surface area contributed by atoms with E-state index in [1.165, 1.54) is 5.56 Å². The molecule has 6 heteroatoms. The summed E-state index contributed by atoms with van der Waals surface area (Å²) in [6.07, 6.45) is 1.73. The molecule has 2 N–H and O–H groups in total. The summed E-state index contributed by atoms with van der Waals surface area (Å²) >= 11 is 9.34. The van der Waals surface area contributed by atoms with Crippen molar-refractivity contribution in [3.8, 4) is 5.75 Å². The first-order valence-corrected chi connectivity index (χ1v) is 9.13. The zero-order chi connectivity index (χ0) is 16.9. The van der Waals surface area contributed by atoms with Crippen LogP contribution in [0.15, 0.2) is 52.0 Å². The Labute approximate surface area is 155 Å². The van der Waals surface area contributed by atoms with Crippen LogP contribution in [-0.2, 0) is 6.54 Å². The molecule has 0 atom stereocenters. The predicted molar refractivity (Wildman–Crippen MR) is 101 cm³/mol. The van der Waals surface area contributed by atoms with Crippen molar-refractivity contribution >= 4 is 33.7 Å². The Kier molecular flexibility index (Phi) is 5.76. The molecule has 126 valence electrons. The van der Waals surface area contributed by atoms with E-state index in [0.29, 0.717) is 0 Å². The second kappa shape index (κ2) is 8.01. The Morgan fingerprint density at radius 3 is 2.58 bits per heavy atom. The molecule has 1 aliphatic heterocycles. The lowest BCUT2D eigenvalue weighted by Crippen LogP contribution is -3.13. The zero-order valence-corrected chi connectivity index (χ0v) is 15.6. The van der Waals surface area contributed by atoms with Crippen molar-refractivity contribution < 1.29 is 10.0 Å².